The SMILES string of the molecule is Oc1cc(-c2ccc(OC(F)(F)F)cc2)ccc1OCCCCc1ccc(F)cc1. The minimum atomic E-state index is -4.74. The molecule has 0 atom stereocenters. The summed E-state index contributed by atoms with van der Waals surface area (Å²) in [4.78, 5) is 0. The molecular formula is C23H20F4O3. The maximum atomic E-state index is 12.9. The van der Waals surface area contributed by atoms with Crippen LogP contribution in [0.25, 0.3) is 11.1 Å². The minimum Gasteiger partial charge on any atom is -0.504 e. The zero-order chi connectivity index (χ0) is 21.6. The molecule has 0 saturated heterocycles. The molecule has 0 aromatic heterocycles. The van der Waals surface area contributed by atoms with Crippen LogP contribution >= 0.6 is 0 Å². The molecule has 0 heterocycles. The van der Waals surface area contributed by atoms with E-state index in [0.29, 0.717) is 23.5 Å². The second kappa shape index (κ2) is 9.52. The first-order valence-corrected chi connectivity index (χ1v) is 9.36. The van der Waals surface area contributed by atoms with Crippen molar-refractivity contribution in [2.75, 3.05) is 6.61 Å². The molecule has 7 heteroatoms. The van der Waals surface area contributed by atoms with Gasteiger partial charge in [0.2, 0.25) is 0 Å². The quantitative estimate of drug-likeness (QED) is 0.334. The Hall–Kier alpha value is -3.22. The molecule has 3 rings (SSSR count). The van der Waals surface area contributed by atoms with Crippen molar-refractivity contribution in [2.24, 2.45) is 0 Å². The smallest absolute Gasteiger partial charge is 0.504 e. The Kier molecular flexibility index (Phi) is 6.82. The molecule has 0 spiro atoms. The van der Waals surface area contributed by atoms with Gasteiger partial charge in [0.25, 0.3) is 0 Å². The molecular weight excluding hydrogens is 400 g/mol. The van der Waals surface area contributed by atoms with Crippen LogP contribution in [0.1, 0.15) is 18.4 Å². The number of hydrogen-bond acceptors (Lipinski definition) is 3. The summed E-state index contributed by atoms with van der Waals surface area (Å²) in [6.45, 7) is 0.414. The fourth-order valence-electron chi connectivity index (χ4n) is 2.93. The lowest BCUT2D eigenvalue weighted by molar-refractivity contribution is -0.274. The highest BCUT2D eigenvalue weighted by Gasteiger charge is 2.30. The maximum absolute atomic E-state index is 12.9. The first kappa shape index (κ1) is 21.5. The minimum absolute atomic E-state index is 0.0540. The van der Waals surface area contributed by atoms with Gasteiger partial charge in [0.1, 0.15) is 11.6 Å². The molecule has 0 amide bonds. The van der Waals surface area contributed by atoms with Gasteiger partial charge in [-0.3, -0.25) is 0 Å². The van der Waals surface area contributed by atoms with E-state index in [1.54, 1.807) is 24.3 Å². The second-order valence-electron chi connectivity index (χ2n) is 6.69. The van der Waals surface area contributed by atoms with Crippen LogP contribution in [0.5, 0.6) is 17.2 Å². The Morgan fingerprint density at radius 1 is 0.800 bits per heavy atom. The number of phenols is 1. The second-order valence-corrected chi connectivity index (χ2v) is 6.69. The lowest BCUT2D eigenvalue weighted by atomic mass is 10.1. The summed E-state index contributed by atoms with van der Waals surface area (Å²) in [7, 11) is 0. The Morgan fingerprint density at radius 3 is 2.10 bits per heavy atom. The third-order valence-corrected chi connectivity index (χ3v) is 4.41. The van der Waals surface area contributed by atoms with Crippen molar-refractivity contribution in [3.05, 3.63) is 78.1 Å². The average Bonchev–Trinajstić information content (AvgIpc) is 2.69. The van der Waals surface area contributed by atoms with Gasteiger partial charge in [0.05, 0.1) is 6.61 Å². The number of aromatic hydroxyl groups is 1. The third kappa shape index (κ3) is 6.40. The van der Waals surface area contributed by atoms with Crippen molar-refractivity contribution in [2.45, 2.75) is 25.6 Å². The van der Waals surface area contributed by atoms with Crippen LogP contribution in [0.15, 0.2) is 66.7 Å². The van der Waals surface area contributed by atoms with Crippen molar-refractivity contribution in [3.63, 3.8) is 0 Å². The molecule has 1 N–H and O–H groups in total. The topological polar surface area (TPSA) is 38.7 Å². The number of halogens is 4. The lowest BCUT2D eigenvalue weighted by Gasteiger charge is -2.11. The van der Waals surface area contributed by atoms with Gasteiger partial charge >= 0.3 is 6.36 Å². The summed E-state index contributed by atoms with van der Waals surface area (Å²) in [5.41, 5.74) is 2.32. The van der Waals surface area contributed by atoms with E-state index in [0.717, 1.165) is 24.8 Å². The van der Waals surface area contributed by atoms with Crippen LogP contribution in [0.2, 0.25) is 0 Å². The van der Waals surface area contributed by atoms with Gasteiger partial charge in [0, 0.05) is 0 Å². The molecule has 3 aromatic rings. The number of phenolic OH excluding ortho intramolecular Hbond substituents is 1. The van der Waals surface area contributed by atoms with Crippen LogP contribution in [-0.4, -0.2) is 18.1 Å². The molecule has 3 aromatic carbocycles. The van der Waals surface area contributed by atoms with Crippen molar-refractivity contribution >= 4 is 0 Å². The highest BCUT2D eigenvalue weighted by Crippen LogP contribution is 2.33. The lowest BCUT2D eigenvalue weighted by Crippen LogP contribution is -2.16. The molecule has 0 radical (unpaired) electrons. The van der Waals surface area contributed by atoms with Gasteiger partial charge in [-0.1, -0.05) is 30.3 Å². The standard InChI is InChI=1S/C23H20F4O3/c24-19-9-4-16(5-10-19)3-1-2-14-29-22-13-8-18(15-21(22)28)17-6-11-20(12-7-17)30-23(25,26)27/h4-13,15,28H,1-3,14H2. The van der Waals surface area contributed by atoms with Crippen LogP contribution in [0.4, 0.5) is 17.6 Å². The summed E-state index contributed by atoms with van der Waals surface area (Å²) in [5.74, 6) is -0.290. The highest BCUT2D eigenvalue weighted by atomic mass is 19.4. The molecule has 30 heavy (non-hydrogen) atoms. The molecule has 3 nitrogen and oxygen atoms in total. The van der Waals surface area contributed by atoms with Crippen molar-refractivity contribution in [1.29, 1.82) is 0 Å². The Morgan fingerprint density at radius 2 is 1.47 bits per heavy atom. The number of aryl methyl sites for hydroxylation is 1. The first-order chi connectivity index (χ1) is 14.3. The van der Waals surface area contributed by atoms with Gasteiger partial charge in [-0.05, 0) is 72.4 Å². The molecule has 158 valence electrons. The summed E-state index contributed by atoms with van der Waals surface area (Å²) >= 11 is 0. The average molecular weight is 420 g/mol. The van der Waals surface area contributed by atoms with E-state index in [4.69, 9.17) is 4.74 Å². The Balaban J connectivity index is 1.50. The Labute approximate surface area is 171 Å². The van der Waals surface area contributed by atoms with Gasteiger partial charge in [-0.2, -0.15) is 0 Å². The largest absolute Gasteiger partial charge is 0.573 e. The van der Waals surface area contributed by atoms with Crippen molar-refractivity contribution < 1.29 is 32.1 Å². The van der Waals surface area contributed by atoms with E-state index in [9.17, 15) is 22.7 Å². The predicted octanol–water partition coefficient (Wildman–Crippen LogP) is 6.50. The van der Waals surface area contributed by atoms with Gasteiger partial charge in [-0.15, -0.1) is 13.2 Å². The predicted molar refractivity (Wildman–Crippen MR) is 105 cm³/mol. The van der Waals surface area contributed by atoms with Crippen LogP contribution in [-0.2, 0) is 6.42 Å². The summed E-state index contributed by atoms with van der Waals surface area (Å²) in [6.07, 6.45) is -2.31. The van der Waals surface area contributed by atoms with Crippen LogP contribution in [0, 0.1) is 5.82 Å². The number of rotatable bonds is 8. The number of hydrogen-bond donors (Lipinski definition) is 1. The third-order valence-electron chi connectivity index (χ3n) is 4.41. The van der Waals surface area contributed by atoms with E-state index >= 15 is 0 Å². The highest BCUT2D eigenvalue weighted by molar-refractivity contribution is 5.67. The summed E-state index contributed by atoms with van der Waals surface area (Å²) in [5, 5.41) is 10.2. The van der Waals surface area contributed by atoms with E-state index in [1.165, 1.54) is 42.5 Å². The Bertz CT molecular complexity index is 952. The molecule has 0 aliphatic heterocycles. The normalized spacial score (nSPS) is 11.3. The number of unbranched alkanes of at least 4 members (excludes halogenated alkanes) is 1. The van der Waals surface area contributed by atoms with E-state index in [2.05, 4.69) is 4.74 Å². The van der Waals surface area contributed by atoms with E-state index in [1.807, 2.05) is 0 Å². The maximum Gasteiger partial charge on any atom is 0.573 e. The van der Waals surface area contributed by atoms with Crippen molar-refractivity contribution in [1.82, 2.24) is 0 Å². The number of alkyl halides is 3. The molecule has 0 unspecified atom stereocenters. The fraction of sp³-hybridized carbons (Fsp3) is 0.217. The molecule has 0 bridgehead atoms. The van der Waals surface area contributed by atoms with Gasteiger partial charge in [0.15, 0.2) is 11.5 Å². The first-order valence-electron chi connectivity index (χ1n) is 9.36. The van der Waals surface area contributed by atoms with Gasteiger partial charge in [-0.25, -0.2) is 4.39 Å². The van der Waals surface area contributed by atoms with Crippen LogP contribution < -0.4 is 9.47 Å². The monoisotopic (exact) mass is 420 g/mol. The van der Waals surface area contributed by atoms with Crippen LogP contribution in [0.3, 0.4) is 0 Å². The summed E-state index contributed by atoms with van der Waals surface area (Å²) < 4.78 is 59.0. The van der Waals surface area contributed by atoms with Crippen molar-refractivity contribution in [3.8, 4) is 28.4 Å². The molecule has 0 aliphatic rings. The van der Waals surface area contributed by atoms with Gasteiger partial charge < -0.3 is 14.6 Å². The van der Waals surface area contributed by atoms with E-state index < -0.39 is 6.36 Å². The zero-order valence-corrected chi connectivity index (χ0v) is 16.0. The molecule has 0 aliphatic carbocycles. The molecule has 0 fully saturated rings. The fourth-order valence-corrected chi connectivity index (χ4v) is 2.93. The number of benzene rings is 3. The summed E-state index contributed by atoms with van der Waals surface area (Å²) in [6, 6.07) is 16.6. The zero-order valence-electron chi connectivity index (χ0n) is 16.0. The molecule has 0 saturated carbocycles. The van der Waals surface area contributed by atoms with E-state index in [-0.39, 0.29) is 17.3 Å². The number of ether oxygens (including phenoxy) is 2.